The van der Waals surface area contributed by atoms with Crippen LogP contribution >= 0.6 is 15.9 Å². The van der Waals surface area contributed by atoms with Gasteiger partial charge in [-0.3, -0.25) is 9.97 Å². The van der Waals surface area contributed by atoms with Crippen LogP contribution < -0.4 is 10.2 Å². The van der Waals surface area contributed by atoms with Gasteiger partial charge >= 0.3 is 12.2 Å². The summed E-state index contributed by atoms with van der Waals surface area (Å²) in [5, 5.41) is 5.58. The largest absolute Gasteiger partial charge is 0.444 e. The fraction of sp³-hybridized carbons (Fsp3) is 0.474. The van der Waals surface area contributed by atoms with Gasteiger partial charge in [0.05, 0.1) is 22.9 Å². The van der Waals surface area contributed by atoms with Gasteiger partial charge in [-0.2, -0.15) is 0 Å². The first-order valence-corrected chi connectivity index (χ1v) is 17.7. The highest BCUT2D eigenvalue weighted by atomic mass is 79.9. The van der Waals surface area contributed by atoms with Gasteiger partial charge in [0, 0.05) is 72.8 Å². The number of piperazine rings is 2. The van der Waals surface area contributed by atoms with Gasteiger partial charge < -0.3 is 29.5 Å². The monoisotopic (exact) mass is 734 g/mol. The van der Waals surface area contributed by atoms with E-state index in [0.717, 1.165) is 52.8 Å². The van der Waals surface area contributed by atoms with Crippen LogP contribution in [-0.4, -0.2) is 94.5 Å². The van der Waals surface area contributed by atoms with Crippen molar-refractivity contribution in [1.29, 1.82) is 0 Å². The van der Waals surface area contributed by atoms with E-state index in [1.807, 2.05) is 96.4 Å². The van der Waals surface area contributed by atoms with Gasteiger partial charge in [0.1, 0.15) is 11.2 Å². The Morgan fingerprint density at radius 1 is 0.755 bits per heavy atom. The fourth-order valence-electron chi connectivity index (χ4n) is 5.52. The molecule has 4 heterocycles. The molecule has 2 amide bonds. The number of para-hydroxylation sites is 2. The van der Waals surface area contributed by atoms with E-state index in [1.54, 1.807) is 9.80 Å². The van der Waals surface area contributed by atoms with Gasteiger partial charge in [-0.1, -0.05) is 36.4 Å². The molecule has 2 aliphatic heterocycles. The lowest BCUT2D eigenvalue weighted by Crippen LogP contribution is -2.54. The minimum absolute atomic E-state index is 0.203. The summed E-state index contributed by atoms with van der Waals surface area (Å²) < 4.78 is 11.8. The minimum Gasteiger partial charge on any atom is -0.444 e. The van der Waals surface area contributed by atoms with Crippen molar-refractivity contribution in [2.45, 2.75) is 78.7 Å². The molecule has 2 fully saturated rings. The molecule has 2 atom stereocenters. The summed E-state index contributed by atoms with van der Waals surface area (Å²) in [6, 6.07) is 21.0. The normalized spacial score (nSPS) is 18.2. The van der Waals surface area contributed by atoms with E-state index in [1.165, 1.54) is 5.39 Å². The number of pyridine rings is 2. The molecule has 11 heteroatoms. The zero-order chi connectivity index (χ0) is 35.8. The van der Waals surface area contributed by atoms with Crippen molar-refractivity contribution in [1.82, 2.24) is 25.1 Å². The number of halogens is 1. The molecule has 6 rings (SSSR count). The SMILES string of the molecule is Brc1cnc2ccccc2c1.C[C@H]1CN(C(=O)OC(C)(C)C)CCN1.C[C@H]1CN(C(=O)OC(C)(C)C)CCN1c1cnc2ccccc2c1. The number of rotatable bonds is 1. The number of nitrogens with one attached hydrogen (secondary N) is 1. The molecule has 2 saturated heterocycles. The molecule has 0 bridgehead atoms. The van der Waals surface area contributed by atoms with Crippen LogP contribution in [0, 0.1) is 0 Å². The molecule has 264 valence electrons. The number of fused-ring (bicyclic) bond motifs is 2. The number of ether oxygens (including phenoxy) is 2. The molecule has 2 aliphatic rings. The van der Waals surface area contributed by atoms with Crippen molar-refractivity contribution in [3.8, 4) is 0 Å². The molecule has 2 aromatic heterocycles. The number of carbonyl (C=O) groups excluding carboxylic acids is 2. The first-order chi connectivity index (χ1) is 23.1. The molecule has 0 saturated carbocycles. The molecule has 1 N–H and O–H groups in total. The van der Waals surface area contributed by atoms with Crippen LogP contribution in [0.25, 0.3) is 21.8 Å². The summed E-state index contributed by atoms with van der Waals surface area (Å²) in [4.78, 5) is 38.5. The number of nitrogens with zero attached hydrogens (tertiary/aromatic N) is 5. The highest BCUT2D eigenvalue weighted by Gasteiger charge is 2.30. The maximum absolute atomic E-state index is 12.3. The van der Waals surface area contributed by atoms with Gasteiger partial charge in [0.2, 0.25) is 0 Å². The molecular formula is C38H51BrN6O4. The Morgan fingerprint density at radius 3 is 1.84 bits per heavy atom. The van der Waals surface area contributed by atoms with Crippen molar-refractivity contribution in [3.05, 3.63) is 77.5 Å². The van der Waals surface area contributed by atoms with E-state index in [9.17, 15) is 9.59 Å². The Hall–Kier alpha value is -3.96. The van der Waals surface area contributed by atoms with Crippen LogP contribution in [0.3, 0.4) is 0 Å². The van der Waals surface area contributed by atoms with Crippen LogP contribution in [-0.2, 0) is 9.47 Å². The number of benzene rings is 2. The zero-order valence-corrected chi connectivity index (χ0v) is 31.7. The molecule has 0 spiro atoms. The van der Waals surface area contributed by atoms with Crippen molar-refractivity contribution >= 4 is 55.6 Å². The predicted molar refractivity (Wildman–Crippen MR) is 201 cm³/mol. The number of anilines is 1. The Labute approximate surface area is 299 Å². The average Bonchev–Trinajstić information content (AvgIpc) is 3.03. The van der Waals surface area contributed by atoms with E-state index < -0.39 is 11.2 Å². The van der Waals surface area contributed by atoms with Crippen LogP contribution in [0.5, 0.6) is 0 Å². The summed E-state index contributed by atoms with van der Waals surface area (Å²) in [5.41, 5.74) is 2.28. The molecule has 4 aromatic rings. The summed E-state index contributed by atoms with van der Waals surface area (Å²) in [7, 11) is 0. The molecule has 10 nitrogen and oxygen atoms in total. The number of aromatic nitrogens is 2. The average molecular weight is 736 g/mol. The standard InChI is InChI=1S/C19H25N3O2.C10H20N2O2.C9H6BrN/c1-14-13-21(18(23)24-19(2,3)4)9-10-22(14)16-11-15-7-5-6-8-17(15)20-12-16;1-8-7-12(6-5-11-8)9(13)14-10(2,3)4;10-8-5-7-3-1-2-4-9(7)11-6-8/h5-8,11-12,14H,9-10,13H2,1-4H3;8,11H,5-7H2,1-4H3;1-6H/t14-;8-;/m00./s1. The van der Waals surface area contributed by atoms with E-state index in [0.29, 0.717) is 19.1 Å². The highest BCUT2D eigenvalue weighted by molar-refractivity contribution is 9.10. The molecule has 2 aromatic carbocycles. The van der Waals surface area contributed by atoms with Gasteiger partial charge in [-0.05, 0) is 95.6 Å². The fourth-order valence-corrected chi connectivity index (χ4v) is 5.87. The third-order valence-electron chi connectivity index (χ3n) is 7.76. The van der Waals surface area contributed by atoms with Crippen LogP contribution in [0.15, 0.2) is 77.5 Å². The molecule has 0 radical (unpaired) electrons. The van der Waals surface area contributed by atoms with Gasteiger partial charge in [0.15, 0.2) is 0 Å². The highest BCUT2D eigenvalue weighted by Crippen LogP contribution is 2.24. The summed E-state index contributed by atoms with van der Waals surface area (Å²) in [5.74, 6) is 0. The summed E-state index contributed by atoms with van der Waals surface area (Å²) in [6.45, 7) is 19.9. The maximum atomic E-state index is 12.3. The number of hydrogen-bond acceptors (Lipinski definition) is 8. The Balaban J connectivity index is 0.000000183. The smallest absolute Gasteiger partial charge is 0.410 e. The molecule has 0 unspecified atom stereocenters. The van der Waals surface area contributed by atoms with Crippen molar-refractivity contribution in [3.63, 3.8) is 0 Å². The Bertz CT molecular complexity index is 1710. The van der Waals surface area contributed by atoms with E-state index >= 15 is 0 Å². The lowest BCUT2D eigenvalue weighted by Gasteiger charge is -2.41. The van der Waals surface area contributed by atoms with Crippen LogP contribution in [0.4, 0.5) is 15.3 Å². The zero-order valence-electron chi connectivity index (χ0n) is 30.1. The maximum Gasteiger partial charge on any atom is 0.410 e. The van der Waals surface area contributed by atoms with Crippen molar-refractivity contribution < 1.29 is 19.1 Å². The number of amides is 2. The quantitative estimate of drug-likeness (QED) is 0.211. The Morgan fingerprint density at radius 2 is 1.29 bits per heavy atom. The minimum atomic E-state index is -0.459. The number of hydrogen-bond donors (Lipinski definition) is 1. The van der Waals surface area contributed by atoms with Crippen molar-refractivity contribution in [2.24, 2.45) is 0 Å². The first-order valence-electron chi connectivity index (χ1n) is 16.9. The van der Waals surface area contributed by atoms with Crippen molar-refractivity contribution in [2.75, 3.05) is 44.2 Å². The van der Waals surface area contributed by atoms with Gasteiger partial charge in [-0.25, -0.2) is 9.59 Å². The second-order valence-electron chi connectivity index (χ2n) is 14.5. The van der Waals surface area contributed by atoms with Gasteiger partial charge in [0.25, 0.3) is 0 Å². The molecular weight excluding hydrogens is 684 g/mol. The second kappa shape index (κ2) is 16.6. The third kappa shape index (κ3) is 11.9. The predicted octanol–water partition coefficient (Wildman–Crippen LogP) is 7.89. The lowest BCUT2D eigenvalue weighted by atomic mass is 10.1. The molecule has 0 aliphatic carbocycles. The van der Waals surface area contributed by atoms with E-state index in [2.05, 4.69) is 68.2 Å². The third-order valence-corrected chi connectivity index (χ3v) is 8.20. The van der Waals surface area contributed by atoms with Crippen LogP contribution in [0.2, 0.25) is 0 Å². The lowest BCUT2D eigenvalue weighted by molar-refractivity contribution is 0.0197. The summed E-state index contributed by atoms with van der Waals surface area (Å²) in [6.07, 6.45) is 3.29. The number of carbonyl (C=O) groups is 2. The summed E-state index contributed by atoms with van der Waals surface area (Å²) >= 11 is 3.37. The molecule has 49 heavy (non-hydrogen) atoms. The van der Waals surface area contributed by atoms with Gasteiger partial charge in [-0.15, -0.1) is 0 Å². The van der Waals surface area contributed by atoms with E-state index in [-0.39, 0.29) is 18.2 Å². The first kappa shape index (κ1) is 37.9. The Kier molecular flexibility index (Phi) is 12.8. The van der Waals surface area contributed by atoms with E-state index in [4.69, 9.17) is 9.47 Å². The van der Waals surface area contributed by atoms with Crippen LogP contribution in [0.1, 0.15) is 55.4 Å². The topological polar surface area (TPSA) is 100 Å². The second-order valence-corrected chi connectivity index (χ2v) is 15.4.